The molecule has 2 aromatic heterocycles. The van der Waals surface area contributed by atoms with Crippen LogP contribution in [0.1, 0.15) is 10.5 Å². The molecule has 0 saturated heterocycles. The smallest absolute Gasteiger partial charge is 0.308 e. The molecule has 0 radical (unpaired) electrons. The highest BCUT2D eigenvalue weighted by Gasteiger charge is 2.27. The molecule has 0 saturated carbocycles. The molecule has 0 aliphatic heterocycles. The van der Waals surface area contributed by atoms with Crippen molar-refractivity contribution in [1.82, 2.24) is 13.3 Å². The van der Waals surface area contributed by atoms with Gasteiger partial charge in [0, 0.05) is 35.5 Å². The highest BCUT2D eigenvalue weighted by molar-refractivity contribution is 7.87. The van der Waals surface area contributed by atoms with Gasteiger partial charge in [0.2, 0.25) is 0 Å². The molecule has 0 unspecified atom stereocenters. The number of hydrogen-bond acceptors (Lipinski definition) is 5. The van der Waals surface area contributed by atoms with E-state index in [0.717, 1.165) is 8.28 Å². The van der Waals surface area contributed by atoms with E-state index in [0.29, 0.717) is 22.0 Å². The number of rotatable bonds is 5. The lowest BCUT2D eigenvalue weighted by Gasteiger charge is -2.14. The Kier molecular flexibility index (Phi) is 5.07. The van der Waals surface area contributed by atoms with Crippen LogP contribution in [0.15, 0.2) is 65.9 Å². The van der Waals surface area contributed by atoms with Crippen molar-refractivity contribution < 1.29 is 13.2 Å². The number of hydrogen-bond donors (Lipinski definition) is 1. The third-order valence-electron chi connectivity index (χ3n) is 4.73. The van der Waals surface area contributed by atoms with E-state index in [1.165, 1.54) is 20.3 Å². The Morgan fingerprint density at radius 2 is 1.77 bits per heavy atom. The summed E-state index contributed by atoms with van der Waals surface area (Å²) in [4.78, 5) is 19.9. The molecule has 11 heteroatoms. The minimum atomic E-state index is -3.93. The van der Waals surface area contributed by atoms with Gasteiger partial charge in [-0.15, -0.1) is 0 Å². The van der Waals surface area contributed by atoms with E-state index < -0.39 is 16.1 Å². The molecule has 2 aromatic carbocycles. The van der Waals surface area contributed by atoms with Crippen LogP contribution in [-0.4, -0.2) is 41.7 Å². The van der Waals surface area contributed by atoms with Crippen LogP contribution in [0.3, 0.4) is 0 Å². The van der Waals surface area contributed by atoms with E-state index in [-0.39, 0.29) is 16.9 Å². The molecule has 1 amide bonds. The maximum absolute atomic E-state index is 13.0. The van der Waals surface area contributed by atoms with Crippen molar-refractivity contribution in [1.29, 1.82) is 0 Å². The number of aromatic nitrogens is 2. The first-order valence-corrected chi connectivity index (χ1v) is 10.5. The lowest BCUT2D eigenvalue weighted by molar-refractivity contribution is 0.102. The zero-order valence-electron chi connectivity index (χ0n) is 16.6. The van der Waals surface area contributed by atoms with Gasteiger partial charge in [0.1, 0.15) is 5.69 Å². The number of para-hydroxylation sites is 2. The summed E-state index contributed by atoms with van der Waals surface area (Å²) in [6.45, 7) is 0. The van der Waals surface area contributed by atoms with E-state index in [4.69, 9.17) is 5.53 Å². The third-order valence-corrected chi connectivity index (χ3v) is 6.51. The number of fused-ring (bicyclic) bond motifs is 3. The number of benzene rings is 2. The lowest BCUT2D eigenvalue weighted by Crippen LogP contribution is -2.28. The normalized spacial score (nSPS) is 11.6. The summed E-state index contributed by atoms with van der Waals surface area (Å²) in [6, 6.07) is 15.5. The molecule has 156 valence electrons. The minimum absolute atomic E-state index is 0.0441. The summed E-state index contributed by atoms with van der Waals surface area (Å²) in [5.74, 6) is -0.581. The number of azide groups is 1. The number of nitrogens with zero attached hydrogens (tertiary/aromatic N) is 6. The van der Waals surface area contributed by atoms with Crippen LogP contribution >= 0.6 is 0 Å². The summed E-state index contributed by atoms with van der Waals surface area (Å²) < 4.78 is 28.3. The SMILES string of the molecule is CN(C)S(=O)(=O)n1c2ccccc2c2c(N=[N+]=[N-])c(C(=O)Nc3ccccc3)ncc21. The molecule has 0 fully saturated rings. The zero-order chi connectivity index (χ0) is 22.2. The predicted molar refractivity (Wildman–Crippen MR) is 118 cm³/mol. The van der Waals surface area contributed by atoms with Crippen LogP contribution in [0.2, 0.25) is 0 Å². The molecule has 10 nitrogen and oxygen atoms in total. The van der Waals surface area contributed by atoms with Gasteiger partial charge in [-0.2, -0.15) is 12.7 Å². The molecule has 0 bridgehead atoms. The third kappa shape index (κ3) is 3.36. The Balaban J connectivity index is 2.05. The van der Waals surface area contributed by atoms with Crippen LogP contribution in [0.4, 0.5) is 11.4 Å². The number of carbonyl (C=O) groups is 1. The Labute approximate surface area is 177 Å². The Morgan fingerprint density at radius 1 is 1.10 bits per heavy atom. The van der Waals surface area contributed by atoms with Gasteiger partial charge in [0.05, 0.1) is 22.9 Å². The van der Waals surface area contributed by atoms with E-state index in [2.05, 4.69) is 20.3 Å². The van der Waals surface area contributed by atoms with E-state index in [1.54, 1.807) is 48.5 Å². The monoisotopic (exact) mass is 435 g/mol. The second-order valence-corrected chi connectivity index (χ2v) is 8.79. The molecule has 4 rings (SSSR count). The zero-order valence-corrected chi connectivity index (χ0v) is 17.4. The standard InChI is InChI=1S/C20H17N7O3S/c1-26(2)31(29,30)27-15-11-7-6-10-14(15)17-16(27)12-22-19(18(17)24-25-21)20(28)23-13-8-4-3-5-9-13/h3-12H,1-2H3,(H,23,28). The van der Waals surface area contributed by atoms with Crippen molar-refractivity contribution in [2.75, 3.05) is 19.4 Å². The molecule has 31 heavy (non-hydrogen) atoms. The first kappa shape index (κ1) is 20.4. The number of amides is 1. The first-order chi connectivity index (χ1) is 14.9. The molecule has 0 aliphatic carbocycles. The second kappa shape index (κ2) is 7.73. The lowest BCUT2D eigenvalue weighted by atomic mass is 10.1. The van der Waals surface area contributed by atoms with Gasteiger partial charge in [0.15, 0.2) is 0 Å². The predicted octanol–water partition coefficient (Wildman–Crippen LogP) is 4.04. The van der Waals surface area contributed by atoms with Crippen LogP contribution in [0.5, 0.6) is 0 Å². The van der Waals surface area contributed by atoms with Crippen molar-refractivity contribution >= 4 is 49.3 Å². The fourth-order valence-electron chi connectivity index (χ4n) is 3.33. The molecule has 2 heterocycles. The van der Waals surface area contributed by atoms with Crippen molar-refractivity contribution in [3.05, 3.63) is 76.9 Å². The van der Waals surface area contributed by atoms with Gasteiger partial charge in [0.25, 0.3) is 5.91 Å². The molecule has 0 aliphatic rings. The van der Waals surface area contributed by atoms with Gasteiger partial charge < -0.3 is 5.32 Å². The van der Waals surface area contributed by atoms with Crippen molar-refractivity contribution in [2.24, 2.45) is 5.11 Å². The summed E-state index contributed by atoms with van der Waals surface area (Å²) in [5.41, 5.74) is 10.1. The number of anilines is 1. The largest absolute Gasteiger partial charge is 0.321 e. The number of carbonyl (C=O) groups excluding carboxylic acids is 1. The van der Waals surface area contributed by atoms with Crippen LogP contribution in [0.25, 0.3) is 32.2 Å². The number of nitrogens with one attached hydrogen (secondary N) is 1. The summed E-state index contributed by atoms with van der Waals surface area (Å²) in [5, 5.41) is 7.27. The van der Waals surface area contributed by atoms with Crippen molar-refractivity contribution in [2.45, 2.75) is 0 Å². The van der Waals surface area contributed by atoms with Gasteiger partial charge >= 0.3 is 10.2 Å². The van der Waals surface area contributed by atoms with E-state index in [1.807, 2.05) is 6.07 Å². The fourth-order valence-corrected chi connectivity index (χ4v) is 4.46. The number of pyridine rings is 1. The van der Waals surface area contributed by atoms with Gasteiger partial charge in [-0.05, 0) is 23.7 Å². The maximum atomic E-state index is 13.0. The average molecular weight is 435 g/mol. The minimum Gasteiger partial charge on any atom is -0.321 e. The summed E-state index contributed by atoms with van der Waals surface area (Å²) in [6.07, 6.45) is 1.30. The van der Waals surface area contributed by atoms with E-state index in [9.17, 15) is 13.2 Å². The van der Waals surface area contributed by atoms with Crippen LogP contribution in [0, 0.1) is 0 Å². The molecular formula is C20H17N7O3S. The Morgan fingerprint density at radius 3 is 2.45 bits per heavy atom. The Hall–Kier alpha value is -3.92. The van der Waals surface area contributed by atoms with Crippen molar-refractivity contribution in [3.8, 4) is 0 Å². The van der Waals surface area contributed by atoms with Crippen LogP contribution < -0.4 is 5.32 Å². The molecule has 0 spiro atoms. The van der Waals surface area contributed by atoms with E-state index >= 15 is 0 Å². The van der Waals surface area contributed by atoms with Gasteiger partial charge in [-0.25, -0.2) is 8.96 Å². The Bertz CT molecular complexity index is 1470. The molecule has 0 atom stereocenters. The van der Waals surface area contributed by atoms with Crippen LogP contribution in [-0.2, 0) is 10.2 Å². The first-order valence-electron chi connectivity index (χ1n) is 9.13. The molecular weight excluding hydrogens is 418 g/mol. The molecule has 1 N–H and O–H groups in total. The quantitative estimate of drug-likeness (QED) is 0.288. The van der Waals surface area contributed by atoms with Crippen molar-refractivity contribution in [3.63, 3.8) is 0 Å². The van der Waals surface area contributed by atoms with Gasteiger partial charge in [-0.3, -0.25) is 4.79 Å². The average Bonchev–Trinajstić information content (AvgIpc) is 3.10. The molecule has 4 aromatic rings. The maximum Gasteiger partial charge on any atom is 0.308 e. The topological polar surface area (TPSA) is 133 Å². The summed E-state index contributed by atoms with van der Waals surface area (Å²) >= 11 is 0. The summed E-state index contributed by atoms with van der Waals surface area (Å²) in [7, 11) is -1.09. The highest BCUT2D eigenvalue weighted by atomic mass is 32.2. The van der Waals surface area contributed by atoms with Gasteiger partial charge in [-0.1, -0.05) is 41.5 Å². The second-order valence-electron chi connectivity index (χ2n) is 6.80. The fraction of sp³-hybridized carbons (Fsp3) is 0.100. The highest BCUT2D eigenvalue weighted by Crippen LogP contribution is 2.38.